The lowest BCUT2D eigenvalue weighted by atomic mass is 10.1. The number of nitriles is 1. The van der Waals surface area contributed by atoms with E-state index in [4.69, 9.17) is 11.0 Å². The van der Waals surface area contributed by atoms with Gasteiger partial charge in [0.1, 0.15) is 0 Å². The molecule has 2 aromatic rings. The summed E-state index contributed by atoms with van der Waals surface area (Å²) in [4.78, 5) is 0. The van der Waals surface area contributed by atoms with E-state index >= 15 is 0 Å². The second kappa shape index (κ2) is 5.14. The maximum Gasteiger partial charge on any atom is 0.196 e. The summed E-state index contributed by atoms with van der Waals surface area (Å²) in [6.07, 6.45) is 0.290. The van der Waals surface area contributed by atoms with Gasteiger partial charge in [0.25, 0.3) is 0 Å². The first-order valence-electron chi connectivity index (χ1n) is 5.46. The lowest BCUT2D eigenvalue weighted by Crippen LogP contribution is -2.09. The minimum absolute atomic E-state index is 0.0812. The average molecular weight is 243 g/mol. The Kier molecular flexibility index (Phi) is 3.38. The highest BCUT2D eigenvalue weighted by Gasteiger charge is 2.10. The molecule has 0 saturated carbocycles. The molecule has 0 radical (unpaired) electrons. The third-order valence-electron chi connectivity index (χ3n) is 2.54. The van der Waals surface area contributed by atoms with Gasteiger partial charge in [-0.3, -0.25) is 0 Å². The predicted octanol–water partition coefficient (Wildman–Crippen LogP) is 1.02. The molecule has 0 fully saturated rings. The number of nitrogens with one attached hydrogen (secondary N) is 2. The Morgan fingerprint density at radius 3 is 3.06 bits per heavy atom. The van der Waals surface area contributed by atoms with Crippen molar-refractivity contribution in [2.75, 3.05) is 11.1 Å². The SMILES string of the molecule is CC(Nc1ccc(N)c(CC#N)c1)c1nn[nH]n1. The first-order chi connectivity index (χ1) is 8.70. The minimum Gasteiger partial charge on any atom is -0.398 e. The zero-order valence-electron chi connectivity index (χ0n) is 9.88. The maximum absolute atomic E-state index is 8.71. The lowest BCUT2D eigenvalue weighted by Gasteiger charge is -2.13. The molecule has 7 nitrogen and oxygen atoms in total. The summed E-state index contributed by atoms with van der Waals surface area (Å²) in [5.41, 5.74) is 8.08. The van der Waals surface area contributed by atoms with Crippen molar-refractivity contribution in [2.45, 2.75) is 19.4 Å². The molecule has 0 amide bonds. The van der Waals surface area contributed by atoms with Gasteiger partial charge in [-0.25, -0.2) is 0 Å². The normalized spacial score (nSPS) is 11.8. The summed E-state index contributed by atoms with van der Waals surface area (Å²) < 4.78 is 0. The van der Waals surface area contributed by atoms with Crippen LogP contribution in [0.2, 0.25) is 0 Å². The van der Waals surface area contributed by atoms with Crippen molar-refractivity contribution in [2.24, 2.45) is 0 Å². The van der Waals surface area contributed by atoms with Gasteiger partial charge in [-0.15, -0.1) is 10.2 Å². The van der Waals surface area contributed by atoms with Crippen molar-refractivity contribution >= 4 is 11.4 Å². The van der Waals surface area contributed by atoms with E-state index in [-0.39, 0.29) is 12.5 Å². The van der Waals surface area contributed by atoms with Gasteiger partial charge in [0.2, 0.25) is 0 Å². The number of hydrogen-bond acceptors (Lipinski definition) is 6. The Balaban J connectivity index is 2.15. The molecular formula is C11H13N7. The molecule has 0 aliphatic carbocycles. The number of nitrogens with two attached hydrogens (primary N) is 1. The number of tetrazole rings is 1. The Morgan fingerprint density at radius 1 is 1.56 bits per heavy atom. The fraction of sp³-hybridized carbons (Fsp3) is 0.273. The first kappa shape index (κ1) is 11.9. The van der Waals surface area contributed by atoms with Gasteiger partial charge in [0.05, 0.1) is 18.5 Å². The Hall–Kier alpha value is -2.62. The molecule has 1 heterocycles. The summed E-state index contributed by atoms with van der Waals surface area (Å²) in [7, 11) is 0. The molecule has 1 aromatic carbocycles. The van der Waals surface area contributed by atoms with E-state index in [0.29, 0.717) is 11.5 Å². The summed E-state index contributed by atoms with van der Waals surface area (Å²) in [5.74, 6) is 0.577. The van der Waals surface area contributed by atoms with Crippen LogP contribution in [0.4, 0.5) is 11.4 Å². The number of H-pyrrole nitrogens is 1. The van der Waals surface area contributed by atoms with Gasteiger partial charge in [-0.05, 0) is 30.7 Å². The van der Waals surface area contributed by atoms with E-state index in [9.17, 15) is 0 Å². The number of hydrogen-bond donors (Lipinski definition) is 3. The number of nitrogens with zero attached hydrogens (tertiary/aromatic N) is 4. The molecule has 0 aliphatic heterocycles. The van der Waals surface area contributed by atoms with Crippen molar-refractivity contribution in [1.29, 1.82) is 5.26 Å². The van der Waals surface area contributed by atoms with E-state index in [1.807, 2.05) is 19.1 Å². The van der Waals surface area contributed by atoms with Crippen LogP contribution in [0.1, 0.15) is 24.4 Å². The van der Waals surface area contributed by atoms with Crippen LogP contribution in [-0.2, 0) is 6.42 Å². The summed E-state index contributed by atoms with van der Waals surface area (Å²) in [6, 6.07) is 7.49. The van der Waals surface area contributed by atoms with Crippen molar-refractivity contribution in [3.05, 3.63) is 29.6 Å². The molecule has 7 heteroatoms. The zero-order chi connectivity index (χ0) is 13.0. The van der Waals surface area contributed by atoms with Gasteiger partial charge in [0, 0.05) is 11.4 Å². The third kappa shape index (κ3) is 2.55. The number of anilines is 2. The van der Waals surface area contributed by atoms with E-state index in [2.05, 4.69) is 32.0 Å². The molecule has 0 spiro atoms. The average Bonchev–Trinajstić information content (AvgIpc) is 2.87. The molecule has 18 heavy (non-hydrogen) atoms. The molecular weight excluding hydrogens is 230 g/mol. The maximum atomic E-state index is 8.71. The molecule has 92 valence electrons. The van der Waals surface area contributed by atoms with Crippen LogP contribution in [0.25, 0.3) is 0 Å². The van der Waals surface area contributed by atoms with Crippen molar-refractivity contribution in [3.63, 3.8) is 0 Å². The van der Waals surface area contributed by atoms with E-state index in [1.54, 1.807) is 6.07 Å². The van der Waals surface area contributed by atoms with Crippen LogP contribution < -0.4 is 11.1 Å². The van der Waals surface area contributed by atoms with Gasteiger partial charge in [-0.1, -0.05) is 5.21 Å². The molecule has 0 aliphatic rings. The second-order valence-electron chi connectivity index (χ2n) is 3.88. The third-order valence-corrected chi connectivity index (χ3v) is 2.54. The lowest BCUT2D eigenvalue weighted by molar-refractivity contribution is 0.793. The van der Waals surface area contributed by atoms with Gasteiger partial charge in [0.15, 0.2) is 5.82 Å². The molecule has 1 atom stereocenters. The van der Waals surface area contributed by atoms with Crippen LogP contribution in [0.15, 0.2) is 18.2 Å². The molecule has 0 saturated heterocycles. The van der Waals surface area contributed by atoms with Crippen molar-refractivity contribution in [3.8, 4) is 6.07 Å². The smallest absolute Gasteiger partial charge is 0.196 e. The highest BCUT2D eigenvalue weighted by Crippen LogP contribution is 2.21. The van der Waals surface area contributed by atoms with Crippen LogP contribution in [0.5, 0.6) is 0 Å². The fourth-order valence-electron chi connectivity index (χ4n) is 1.60. The molecule has 1 aromatic heterocycles. The largest absolute Gasteiger partial charge is 0.398 e. The predicted molar refractivity (Wildman–Crippen MR) is 66.4 cm³/mol. The monoisotopic (exact) mass is 243 g/mol. The molecule has 2 rings (SSSR count). The quantitative estimate of drug-likeness (QED) is 0.690. The van der Waals surface area contributed by atoms with E-state index < -0.39 is 0 Å². The van der Waals surface area contributed by atoms with Crippen molar-refractivity contribution in [1.82, 2.24) is 20.6 Å². The number of aromatic nitrogens is 4. The Morgan fingerprint density at radius 2 is 2.39 bits per heavy atom. The number of rotatable bonds is 4. The summed E-state index contributed by atoms with van der Waals surface area (Å²) >= 11 is 0. The highest BCUT2D eigenvalue weighted by molar-refractivity contribution is 5.58. The van der Waals surface area contributed by atoms with Crippen LogP contribution in [0.3, 0.4) is 0 Å². The van der Waals surface area contributed by atoms with Gasteiger partial charge in [-0.2, -0.15) is 10.5 Å². The standard InChI is InChI=1S/C11H13N7/c1-7(11-15-17-18-16-11)14-9-2-3-10(13)8(6-9)4-5-12/h2-3,6-7,14H,4,13H2,1H3,(H,15,16,17,18). The minimum atomic E-state index is -0.0812. The molecule has 4 N–H and O–H groups in total. The first-order valence-corrected chi connectivity index (χ1v) is 5.46. The van der Waals surface area contributed by atoms with E-state index in [1.165, 1.54) is 0 Å². The number of aromatic amines is 1. The zero-order valence-corrected chi connectivity index (χ0v) is 9.88. The van der Waals surface area contributed by atoms with Crippen LogP contribution in [0, 0.1) is 11.3 Å². The Bertz CT molecular complexity index is 555. The van der Waals surface area contributed by atoms with Crippen LogP contribution >= 0.6 is 0 Å². The van der Waals surface area contributed by atoms with Crippen molar-refractivity contribution < 1.29 is 0 Å². The Labute approximate surface area is 104 Å². The fourth-order valence-corrected chi connectivity index (χ4v) is 1.60. The topological polar surface area (TPSA) is 116 Å². The summed E-state index contributed by atoms with van der Waals surface area (Å²) in [5, 5.41) is 25.6. The number of benzene rings is 1. The highest BCUT2D eigenvalue weighted by atomic mass is 15.5. The van der Waals surface area contributed by atoms with Gasteiger partial charge >= 0.3 is 0 Å². The second-order valence-corrected chi connectivity index (χ2v) is 3.88. The molecule has 0 bridgehead atoms. The molecule has 1 unspecified atom stereocenters. The van der Waals surface area contributed by atoms with Crippen LogP contribution in [-0.4, -0.2) is 20.6 Å². The number of nitrogen functional groups attached to an aromatic ring is 1. The van der Waals surface area contributed by atoms with Gasteiger partial charge < -0.3 is 11.1 Å². The summed E-state index contributed by atoms with van der Waals surface area (Å²) in [6.45, 7) is 1.92. The van der Waals surface area contributed by atoms with E-state index in [0.717, 1.165) is 11.3 Å².